The Morgan fingerprint density at radius 2 is 1.70 bits per heavy atom. The molecule has 9 nitrogen and oxygen atoms in total. The number of carboxylic acid groups (broad SMARTS) is 2. The van der Waals surface area contributed by atoms with Gasteiger partial charge in [0.25, 0.3) is 0 Å². The third-order valence-corrected chi connectivity index (χ3v) is 3.68. The van der Waals surface area contributed by atoms with Crippen LogP contribution in [-0.4, -0.2) is 64.0 Å². The fourth-order valence-corrected chi connectivity index (χ4v) is 2.39. The first-order valence-electron chi connectivity index (χ1n) is 8.40. The van der Waals surface area contributed by atoms with Gasteiger partial charge in [-0.1, -0.05) is 12.1 Å². The van der Waals surface area contributed by atoms with Gasteiger partial charge >= 0.3 is 16.7 Å². The van der Waals surface area contributed by atoms with Crippen LogP contribution in [0.25, 0.3) is 0 Å². The monoisotopic (exact) mass is 399 g/mol. The second kappa shape index (κ2) is 12.2. The molecule has 10 heteroatoms. The molecule has 0 saturated carbocycles. The predicted octanol–water partition coefficient (Wildman–Crippen LogP) is 2.66. The lowest BCUT2D eigenvalue weighted by Gasteiger charge is -2.27. The van der Waals surface area contributed by atoms with Crippen LogP contribution in [-0.2, 0) is 6.54 Å². The van der Waals surface area contributed by atoms with E-state index in [9.17, 15) is 14.4 Å². The van der Waals surface area contributed by atoms with E-state index in [0.717, 1.165) is 32.7 Å². The van der Waals surface area contributed by atoms with Crippen molar-refractivity contribution in [1.29, 1.82) is 0 Å². The average Bonchev–Trinajstić information content (AvgIpc) is 2.56. The summed E-state index contributed by atoms with van der Waals surface area (Å²) in [6.07, 6.45) is -0.408. The number of hydrogen-bond acceptors (Lipinski definition) is 7. The maximum atomic E-state index is 11.5. The summed E-state index contributed by atoms with van der Waals surface area (Å²) >= 11 is -0.157. The minimum Gasteiger partial charge on any atom is -0.473 e. The van der Waals surface area contributed by atoms with Crippen LogP contribution in [0.3, 0.4) is 0 Å². The van der Waals surface area contributed by atoms with Gasteiger partial charge in [-0.25, -0.2) is 14.4 Å². The van der Waals surface area contributed by atoms with Gasteiger partial charge in [-0.15, -0.1) is 0 Å². The van der Waals surface area contributed by atoms with Crippen LogP contribution in [0.5, 0.6) is 5.75 Å². The van der Waals surface area contributed by atoms with E-state index in [4.69, 9.17) is 14.9 Å². The molecule has 0 radical (unpaired) electrons. The Balaban J connectivity index is 0.000000445. The first-order chi connectivity index (χ1) is 12.8. The number of carbonyl (C=O) groups is 3. The van der Waals surface area contributed by atoms with Gasteiger partial charge < -0.3 is 25.6 Å². The lowest BCUT2D eigenvalue weighted by Crippen LogP contribution is -2.42. The van der Waals surface area contributed by atoms with E-state index < -0.39 is 16.7 Å². The number of piperazine rings is 1. The van der Waals surface area contributed by atoms with E-state index in [1.54, 1.807) is 0 Å². The SMILES string of the molecule is CC(C)NC(=O)Oc1ccc(CN2CCNCC2)cc1.O=C(O)SC(=O)O. The van der Waals surface area contributed by atoms with Crippen molar-refractivity contribution in [3.05, 3.63) is 29.8 Å². The zero-order valence-electron chi connectivity index (χ0n) is 15.3. The summed E-state index contributed by atoms with van der Waals surface area (Å²) in [5.74, 6) is 0.576. The van der Waals surface area contributed by atoms with Crippen molar-refractivity contribution in [2.24, 2.45) is 0 Å². The zero-order valence-corrected chi connectivity index (χ0v) is 16.1. The average molecular weight is 399 g/mol. The number of rotatable bonds is 4. The lowest BCUT2D eigenvalue weighted by molar-refractivity contribution is 0.197. The van der Waals surface area contributed by atoms with Gasteiger partial charge in [-0.2, -0.15) is 0 Å². The molecule has 1 aliphatic rings. The molecule has 1 aromatic carbocycles. The molecule has 4 N–H and O–H groups in total. The van der Waals surface area contributed by atoms with Gasteiger partial charge in [-0.05, 0) is 31.5 Å². The Morgan fingerprint density at radius 1 is 1.15 bits per heavy atom. The number of ether oxygens (including phenoxy) is 1. The third kappa shape index (κ3) is 11.1. The van der Waals surface area contributed by atoms with E-state index >= 15 is 0 Å². The molecule has 1 aromatic rings. The minimum absolute atomic E-state index is 0.0782. The number of nitrogens with zero attached hydrogens (tertiary/aromatic N) is 1. The summed E-state index contributed by atoms with van der Waals surface area (Å²) in [5.41, 5.74) is 1.24. The molecular formula is C17H25N3O6S. The Kier molecular flexibility index (Phi) is 10.2. The van der Waals surface area contributed by atoms with Crippen LogP contribution >= 0.6 is 11.8 Å². The molecule has 1 aliphatic heterocycles. The molecule has 2 rings (SSSR count). The smallest absolute Gasteiger partial charge is 0.412 e. The number of amides is 1. The number of hydrogen-bond donors (Lipinski definition) is 4. The molecule has 0 aliphatic carbocycles. The fraction of sp³-hybridized carbons (Fsp3) is 0.471. The third-order valence-electron chi connectivity index (χ3n) is 3.33. The van der Waals surface area contributed by atoms with Crippen LogP contribution in [0.2, 0.25) is 0 Å². The molecule has 1 amide bonds. The van der Waals surface area contributed by atoms with Crippen molar-refractivity contribution in [3.63, 3.8) is 0 Å². The largest absolute Gasteiger partial charge is 0.473 e. The highest BCUT2D eigenvalue weighted by molar-refractivity contribution is 8.25. The van der Waals surface area contributed by atoms with E-state index in [1.807, 2.05) is 38.1 Å². The molecule has 0 atom stereocenters. The summed E-state index contributed by atoms with van der Waals surface area (Å²) in [6.45, 7) is 9.01. The normalized spacial score (nSPS) is 14.0. The van der Waals surface area contributed by atoms with Gasteiger partial charge in [0, 0.05) is 38.8 Å². The van der Waals surface area contributed by atoms with Crippen molar-refractivity contribution in [2.45, 2.75) is 26.4 Å². The molecule has 27 heavy (non-hydrogen) atoms. The quantitative estimate of drug-likeness (QED) is 0.604. The fourth-order valence-electron chi connectivity index (χ4n) is 2.24. The Bertz CT molecular complexity index is 606. The molecule has 0 aromatic heterocycles. The molecule has 0 spiro atoms. The molecule has 150 valence electrons. The second-order valence-corrected chi connectivity index (χ2v) is 6.90. The summed E-state index contributed by atoms with van der Waals surface area (Å²) in [7, 11) is 0. The Morgan fingerprint density at radius 3 is 2.15 bits per heavy atom. The molecule has 1 fully saturated rings. The summed E-state index contributed by atoms with van der Waals surface area (Å²) in [6, 6.07) is 7.80. The van der Waals surface area contributed by atoms with Crippen LogP contribution in [0.1, 0.15) is 19.4 Å². The molecule has 0 bridgehead atoms. The molecule has 0 unspecified atom stereocenters. The second-order valence-electron chi connectivity index (χ2n) is 5.99. The summed E-state index contributed by atoms with van der Waals surface area (Å²) in [5, 5.41) is 18.6. The highest BCUT2D eigenvalue weighted by atomic mass is 32.2. The van der Waals surface area contributed by atoms with Crippen molar-refractivity contribution >= 4 is 28.5 Å². The van der Waals surface area contributed by atoms with E-state index in [1.165, 1.54) is 5.56 Å². The lowest BCUT2D eigenvalue weighted by atomic mass is 10.2. The van der Waals surface area contributed by atoms with Crippen LogP contribution in [0.15, 0.2) is 24.3 Å². The molecule has 1 heterocycles. The van der Waals surface area contributed by atoms with E-state index in [2.05, 4.69) is 15.5 Å². The predicted molar refractivity (Wildman–Crippen MR) is 103 cm³/mol. The maximum absolute atomic E-state index is 11.5. The molecular weight excluding hydrogens is 374 g/mol. The minimum atomic E-state index is -1.40. The maximum Gasteiger partial charge on any atom is 0.412 e. The number of carbonyl (C=O) groups excluding carboxylic acids is 1. The topological polar surface area (TPSA) is 128 Å². The molecule has 1 saturated heterocycles. The number of benzene rings is 1. The van der Waals surface area contributed by atoms with Crippen LogP contribution in [0.4, 0.5) is 14.4 Å². The highest BCUT2D eigenvalue weighted by Gasteiger charge is 2.10. The first kappa shape index (κ1) is 22.7. The van der Waals surface area contributed by atoms with Gasteiger partial charge in [0.2, 0.25) is 0 Å². The van der Waals surface area contributed by atoms with Gasteiger partial charge in [-0.3, -0.25) is 4.90 Å². The highest BCUT2D eigenvalue weighted by Crippen LogP contribution is 2.14. The number of nitrogens with one attached hydrogen (secondary N) is 2. The van der Waals surface area contributed by atoms with Gasteiger partial charge in [0.1, 0.15) is 5.75 Å². The van der Waals surface area contributed by atoms with E-state index in [0.29, 0.717) is 5.75 Å². The summed E-state index contributed by atoms with van der Waals surface area (Å²) < 4.78 is 5.20. The van der Waals surface area contributed by atoms with Gasteiger partial charge in [0.15, 0.2) is 0 Å². The first-order valence-corrected chi connectivity index (χ1v) is 9.22. The van der Waals surface area contributed by atoms with E-state index in [-0.39, 0.29) is 17.8 Å². The van der Waals surface area contributed by atoms with Crippen LogP contribution in [0, 0.1) is 0 Å². The Hall–Kier alpha value is -2.30. The van der Waals surface area contributed by atoms with Crippen LogP contribution < -0.4 is 15.4 Å². The number of thioether (sulfide) groups is 1. The summed E-state index contributed by atoms with van der Waals surface area (Å²) in [4.78, 5) is 32.7. The van der Waals surface area contributed by atoms with Crippen molar-refractivity contribution in [1.82, 2.24) is 15.5 Å². The van der Waals surface area contributed by atoms with Crippen molar-refractivity contribution in [2.75, 3.05) is 26.2 Å². The standard InChI is InChI=1S/C15H23N3O2.C2H2O4S/c1-12(2)17-15(19)20-14-5-3-13(4-6-14)11-18-9-7-16-8-10-18;3-1(4)7-2(5)6/h3-6,12,16H,7-11H2,1-2H3,(H,17,19);(H,3,4)(H,5,6). The van der Waals surface area contributed by atoms with Crippen molar-refractivity contribution in [3.8, 4) is 5.75 Å². The van der Waals surface area contributed by atoms with Crippen molar-refractivity contribution < 1.29 is 29.3 Å². The zero-order chi connectivity index (χ0) is 20.2. The van der Waals surface area contributed by atoms with Gasteiger partial charge in [0.05, 0.1) is 11.8 Å². The Labute approximate surface area is 162 Å².